The first-order valence-corrected chi connectivity index (χ1v) is 11.3. The highest BCUT2D eigenvalue weighted by atomic mass is 16.5. The maximum absolute atomic E-state index is 6.53. The minimum atomic E-state index is 0.195. The molecule has 5 rings (SSSR count). The van der Waals surface area contributed by atoms with Crippen LogP contribution in [0.4, 0.5) is 5.82 Å². The third kappa shape index (κ3) is 4.77. The molecule has 1 saturated heterocycles. The van der Waals surface area contributed by atoms with Crippen LogP contribution in [0, 0.1) is 6.92 Å². The molecule has 2 aliphatic rings. The molecular weight excluding hydrogens is 390 g/mol. The van der Waals surface area contributed by atoms with Gasteiger partial charge in [0, 0.05) is 37.8 Å². The molecule has 0 bridgehead atoms. The molecule has 31 heavy (non-hydrogen) atoms. The Morgan fingerprint density at radius 3 is 2.55 bits per heavy atom. The summed E-state index contributed by atoms with van der Waals surface area (Å²) in [4.78, 5) is 17.8. The Labute approximate surface area is 182 Å². The van der Waals surface area contributed by atoms with Gasteiger partial charge in [-0.15, -0.1) is 0 Å². The zero-order valence-corrected chi connectivity index (χ0v) is 18.0. The van der Waals surface area contributed by atoms with Crippen LogP contribution in [0.25, 0.3) is 11.0 Å². The van der Waals surface area contributed by atoms with Gasteiger partial charge >= 0.3 is 0 Å². The molecule has 0 unspecified atom stereocenters. The Bertz CT molecular complexity index is 1030. The van der Waals surface area contributed by atoms with Crippen LogP contribution in [-0.4, -0.2) is 45.3 Å². The third-order valence-corrected chi connectivity index (χ3v) is 6.35. The van der Waals surface area contributed by atoms with E-state index in [0.717, 1.165) is 80.2 Å². The van der Waals surface area contributed by atoms with E-state index in [1.807, 2.05) is 13.0 Å². The van der Waals surface area contributed by atoms with Crippen molar-refractivity contribution < 1.29 is 9.47 Å². The SMILES string of the molecule is Cc1nccc(N[C@H]2CC[C@@H](Oc3cc(C4CCOCC4)cc4nccnc34)CC2)n1. The van der Waals surface area contributed by atoms with Crippen LogP contribution in [-0.2, 0) is 4.74 Å². The molecule has 0 spiro atoms. The van der Waals surface area contributed by atoms with Gasteiger partial charge < -0.3 is 14.8 Å². The Hall–Kier alpha value is -2.80. The van der Waals surface area contributed by atoms with Gasteiger partial charge in [-0.3, -0.25) is 4.98 Å². The van der Waals surface area contributed by atoms with Gasteiger partial charge in [-0.1, -0.05) is 0 Å². The number of benzene rings is 1. The lowest BCUT2D eigenvalue weighted by Crippen LogP contribution is -2.31. The number of anilines is 1. The molecule has 3 aromatic rings. The Balaban J connectivity index is 1.28. The zero-order valence-electron chi connectivity index (χ0n) is 18.0. The number of rotatable bonds is 5. The van der Waals surface area contributed by atoms with E-state index >= 15 is 0 Å². The Kier molecular flexibility index (Phi) is 5.93. The molecule has 1 N–H and O–H groups in total. The van der Waals surface area contributed by atoms with Crippen LogP contribution in [0.5, 0.6) is 5.75 Å². The van der Waals surface area contributed by atoms with E-state index in [-0.39, 0.29) is 6.10 Å². The van der Waals surface area contributed by atoms with Crippen LogP contribution >= 0.6 is 0 Å². The number of hydrogen-bond donors (Lipinski definition) is 1. The topological polar surface area (TPSA) is 82.1 Å². The average Bonchev–Trinajstić information content (AvgIpc) is 2.81. The summed E-state index contributed by atoms with van der Waals surface area (Å²) in [5.74, 6) is 3.07. The van der Waals surface area contributed by atoms with E-state index in [1.54, 1.807) is 18.6 Å². The smallest absolute Gasteiger partial charge is 0.147 e. The zero-order chi connectivity index (χ0) is 21.0. The summed E-state index contributed by atoms with van der Waals surface area (Å²) in [5.41, 5.74) is 3.06. The Morgan fingerprint density at radius 1 is 0.935 bits per heavy atom. The van der Waals surface area contributed by atoms with E-state index in [0.29, 0.717) is 12.0 Å². The van der Waals surface area contributed by atoms with E-state index in [4.69, 9.17) is 9.47 Å². The Morgan fingerprint density at radius 2 is 1.74 bits per heavy atom. The van der Waals surface area contributed by atoms with Gasteiger partial charge in [0.2, 0.25) is 0 Å². The molecule has 0 radical (unpaired) electrons. The van der Waals surface area contributed by atoms with Crippen LogP contribution in [0.15, 0.2) is 36.8 Å². The van der Waals surface area contributed by atoms with E-state index in [9.17, 15) is 0 Å². The van der Waals surface area contributed by atoms with Crippen LogP contribution < -0.4 is 10.1 Å². The van der Waals surface area contributed by atoms with Crippen molar-refractivity contribution in [1.82, 2.24) is 19.9 Å². The predicted octanol–water partition coefficient (Wildman–Crippen LogP) is 4.42. The van der Waals surface area contributed by atoms with Crippen molar-refractivity contribution >= 4 is 16.9 Å². The highest BCUT2D eigenvalue weighted by molar-refractivity contribution is 5.81. The van der Waals surface area contributed by atoms with Crippen molar-refractivity contribution in [3.63, 3.8) is 0 Å². The van der Waals surface area contributed by atoms with Gasteiger partial charge in [-0.05, 0) is 75.1 Å². The third-order valence-electron chi connectivity index (χ3n) is 6.35. The lowest BCUT2D eigenvalue weighted by molar-refractivity contribution is 0.0852. The second-order valence-electron chi connectivity index (χ2n) is 8.55. The summed E-state index contributed by atoms with van der Waals surface area (Å²) in [5, 5.41) is 3.55. The molecule has 1 aromatic carbocycles. The lowest BCUT2D eigenvalue weighted by Gasteiger charge is -2.30. The van der Waals surface area contributed by atoms with Crippen LogP contribution in [0.1, 0.15) is 55.8 Å². The van der Waals surface area contributed by atoms with Crippen LogP contribution in [0.2, 0.25) is 0 Å². The molecule has 1 aliphatic carbocycles. The molecule has 2 aromatic heterocycles. The summed E-state index contributed by atoms with van der Waals surface area (Å²) in [6.45, 7) is 3.56. The minimum absolute atomic E-state index is 0.195. The second-order valence-corrected chi connectivity index (χ2v) is 8.55. The molecule has 1 saturated carbocycles. The highest BCUT2D eigenvalue weighted by Crippen LogP contribution is 2.35. The summed E-state index contributed by atoms with van der Waals surface area (Å²) in [6.07, 6.45) is 11.7. The molecule has 2 fully saturated rings. The average molecular weight is 420 g/mol. The fraction of sp³-hybridized carbons (Fsp3) is 0.500. The number of fused-ring (bicyclic) bond motifs is 1. The first-order valence-electron chi connectivity index (χ1n) is 11.3. The molecule has 162 valence electrons. The van der Waals surface area contributed by atoms with Crippen molar-refractivity contribution in [2.45, 2.75) is 63.5 Å². The van der Waals surface area contributed by atoms with Crippen molar-refractivity contribution in [2.24, 2.45) is 0 Å². The van der Waals surface area contributed by atoms with Crippen molar-refractivity contribution in [3.8, 4) is 5.75 Å². The first kappa shape index (κ1) is 20.1. The van der Waals surface area contributed by atoms with Crippen molar-refractivity contribution in [1.29, 1.82) is 0 Å². The molecule has 7 nitrogen and oxygen atoms in total. The molecule has 0 amide bonds. The highest BCUT2D eigenvalue weighted by Gasteiger charge is 2.25. The predicted molar refractivity (Wildman–Crippen MR) is 119 cm³/mol. The number of aromatic nitrogens is 4. The number of nitrogens with one attached hydrogen (secondary N) is 1. The summed E-state index contributed by atoms with van der Waals surface area (Å²) in [7, 11) is 0. The number of hydrogen-bond acceptors (Lipinski definition) is 7. The van der Waals surface area contributed by atoms with Gasteiger partial charge in [0.15, 0.2) is 0 Å². The second kappa shape index (κ2) is 9.14. The molecule has 0 atom stereocenters. The molecule has 7 heteroatoms. The summed E-state index contributed by atoms with van der Waals surface area (Å²) >= 11 is 0. The largest absolute Gasteiger partial charge is 0.488 e. The van der Waals surface area contributed by atoms with Crippen LogP contribution in [0.3, 0.4) is 0 Å². The normalized spacial score (nSPS) is 22.4. The lowest BCUT2D eigenvalue weighted by atomic mass is 9.91. The van der Waals surface area contributed by atoms with Gasteiger partial charge in [-0.2, -0.15) is 0 Å². The van der Waals surface area contributed by atoms with Gasteiger partial charge in [0.1, 0.15) is 22.9 Å². The number of aryl methyl sites for hydroxylation is 1. The molecule has 1 aliphatic heterocycles. The summed E-state index contributed by atoms with van der Waals surface area (Å²) in [6, 6.07) is 6.72. The maximum Gasteiger partial charge on any atom is 0.147 e. The van der Waals surface area contributed by atoms with E-state index < -0.39 is 0 Å². The van der Waals surface area contributed by atoms with Gasteiger partial charge in [0.05, 0.1) is 11.6 Å². The van der Waals surface area contributed by atoms with Crippen molar-refractivity contribution in [2.75, 3.05) is 18.5 Å². The van der Waals surface area contributed by atoms with Gasteiger partial charge in [0.25, 0.3) is 0 Å². The van der Waals surface area contributed by atoms with Crippen molar-refractivity contribution in [3.05, 3.63) is 48.2 Å². The minimum Gasteiger partial charge on any atom is -0.488 e. The molecule has 3 heterocycles. The van der Waals surface area contributed by atoms with E-state index in [2.05, 4.69) is 37.4 Å². The fourth-order valence-electron chi connectivity index (χ4n) is 4.67. The standard InChI is InChI=1S/C24H29N5O2/c1-16-25-9-6-23(28-16)29-19-2-4-20(5-3-19)31-22-15-18(17-7-12-30-13-8-17)14-21-24(22)27-11-10-26-21/h6,9-11,14-15,17,19-20H,2-5,7-8,12-13H2,1H3,(H,25,28,29)/t19-,20+. The monoisotopic (exact) mass is 419 g/mol. The number of ether oxygens (including phenoxy) is 2. The summed E-state index contributed by atoms with van der Waals surface area (Å²) < 4.78 is 12.1. The quantitative estimate of drug-likeness (QED) is 0.655. The first-order chi connectivity index (χ1) is 15.2. The number of nitrogens with zero attached hydrogens (tertiary/aromatic N) is 4. The van der Waals surface area contributed by atoms with Gasteiger partial charge in [-0.25, -0.2) is 15.0 Å². The fourth-order valence-corrected chi connectivity index (χ4v) is 4.67. The maximum atomic E-state index is 6.53. The molecular formula is C24H29N5O2. The van der Waals surface area contributed by atoms with E-state index in [1.165, 1.54) is 5.56 Å².